The van der Waals surface area contributed by atoms with Crippen molar-refractivity contribution in [1.29, 1.82) is 0 Å². The van der Waals surface area contributed by atoms with E-state index in [-0.39, 0.29) is 23.7 Å². The number of allylic oxidation sites excluding steroid dienone is 2. The first-order valence-corrected chi connectivity index (χ1v) is 9.98. The molecule has 0 saturated heterocycles. The third kappa shape index (κ3) is 7.53. The number of ketones is 2. The first-order valence-electron chi connectivity index (χ1n) is 9.98. The molecule has 0 unspecified atom stereocenters. The van der Waals surface area contributed by atoms with E-state index in [4.69, 9.17) is 18.9 Å². The number of methoxy groups -OCH3 is 3. The Balaban J connectivity index is 1.99. The standard InChI is InChI=1S/C25H27NO7/c1-26(2)25(29)33-22-13-9-18(15-24(22)32-5)7-11-20(28)16-19(27)10-6-17-8-12-21(30-3)23(14-17)31-4/h6-15H,16H2,1-5H3. The Morgan fingerprint density at radius 1 is 0.727 bits per heavy atom. The number of hydrogen-bond acceptors (Lipinski definition) is 7. The second-order valence-electron chi connectivity index (χ2n) is 7.06. The van der Waals surface area contributed by atoms with Crippen LogP contribution in [0.2, 0.25) is 0 Å². The lowest BCUT2D eigenvalue weighted by Crippen LogP contribution is -2.25. The van der Waals surface area contributed by atoms with E-state index in [1.54, 1.807) is 69.8 Å². The third-order valence-electron chi connectivity index (χ3n) is 4.43. The molecule has 1 amide bonds. The Labute approximate surface area is 193 Å². The van der Waals surface area contributed by atoms with Crippen LogP contribution in [0.25, 0.3) is 12.2 Å². The quantitative estimate of drug-likeness (QED) is 0.396. The largest absolute Gasteiger partial charge is 0.493 e. The average Bonchev–Trinajstić information content (AvgIpc) is 2.81. The SMILES string of the molecule is COc1ccc(C=CC(=O)CC(=O)C=Cc2ccc(OC(=O)N(C)C)c(OC)c2)cc1OC. The van der Waals surface area contributed by atoms with Gasteiger partial charge in [0.25, 0.3) is 0 Å². The summed E-state index contributed by atoms with van der Waals surface area (Å²) in [6.45, 7) is 0. The topological polar surface area (TPSA) is 91.4 Å². The van der Waals surface area contributed by atoms with Crippen LogP contribution in [0.1, 0.15) is 17.5 Å². The Hall–Kier alpha value is -4.07. The molecule has 33 heavy (non-hydrogen) atoms. The second kappa shape index (κ2) is 12.1. The number of carbonyl (C=O) groups excluding carboxylic acids is 3. The summed E-state index contributed by atoms with van der Waals surface area (Å²) in [6, 6.07) is 10.1. The molecule has 2 aromatic rings. The van der Waals surface area contributed by atoms with Gasteiger partial charge in [0.05, 0.1) is 27.8 Å². The van der Waals surface area contributed by atoms with Crippen molar-refractivity contribution in [3.05, 3.63) is 59.7 Å². The van der Waals surface area contributed by atoms with Crippen molar-refractivity contribution in [2.45, 2.75) is 6.42 Å². The summed E-state index contributed by atoms with van der Waals surface area (Å²) in [5, 5.41) is 0. The van der Waals surface area contributed by atoms with Gasteiger partial charge in [0, 0.05) is 14.1 Å². The average molecular weight is 453 g/mol. The number of carbonyl (C=O) groups is 3. The summed E-state index contributed by atoms with van der Waals surface area (Å²) >= 11 is 0. The Kier molecular flexibility index (Phi) is 9.23. The van der Waals surface area contributed by atoms with Crippen molar-refractivity contribution in [2.75, 3.05) is 35.4 Å². The van der Waals surface area contributed by atoms with E-state index in [0.29, 0.717) is 22.8 Å². The van der Waals surface area contributed by atoms with Gasteiger partial charge in [-0.25, -0.2) is 4.79 Å². The maximum atomic E-state index is 12.2. The van der Waals surface area contributed by atoms with Crippen molar-refractivity contribution in [3.63, 3.8) is 0 Å². The smallest absolute Gasteiger partial charge is 0.414 e. The molecule has 0 aliphatic heterocycles. The molecule has 0 bridgehead atoms. The molecule has 0 fully saturated rings. The van der Waals surface area contributed by atoms with Gasteiger partial charge in [-0.1, -0.05) is 24.3 Å². The highest BCUT2D eigenvalue weighted by atomic mass is 16.6. The van der Waals surface area contributed by atoms with Crippen LogP contribution >= 0.6 is 0 Å². The van der Waals surface area contributed by atoms with Gasteiger partial charge in [-0.2, -0.15) is 0 Å². The summed E-state index contributed by atoms with van der Waals surface area (Å²) in [7, 11) is 7.66. The first-order chi connectivity index (χ1) is 15.8. The van der Waals surface area contributed by atoms with Crippen LogP contribution in [-0.4, -0.2) is 58.0 Å². The predicted molar refractivity (Wildman–Crippen MR) is 125 cm³/mol. The Bertz CT molecular complexity index is 1070. The lowest BCUT2D eigenvalue weighted by Gasteiger charge is -2.13. The van der Waals surface area contributed by atoms with E-state index < -0.39 is 6.09 Å². The van der Waals surface area contributed by atoms with Crippen molar-refractivity contribution in [3.8, 4) is 23.0 Å². The maximum absolute atomic E-state index is 12.2. The maximum Gasteiger partial charge on any atom is 0.414 e. The van der Waals surface area contributed by atoms with Gasteiger partial charge < -0.3 is 23.8 Å². The second-order valence-corrected chi connectivity index (χ2v) is 7.06. The highest BCUT2D eigenvalue weighted by molar-refractivity contribution is 6.10. The fourth-order valence-electron chi connectivity index (χ4n) is 2.68. The molecule has 0 saturated carbocycles. The lowest BCUT2D eigenvalue weighted by atomic mass is 10.1. The summed E-state index contributed by atoms with van der Waals surface area (Å²) in [5.41, 5.74) is 1.39. The monoisotopic (exact) mass is 453 g/mol. The van der Waals surface area contributed by atoms with E-state index in [2.05, 4.69) is 0 Å². The van der Waals surface area contributed by atoms with Gasteiger partial charge >= 0.3 is 6.09 Å². The van der Waals surface area contributed by atoms with E-state index in [1.807, 2.05) is 0 Å². The zero-order valence-electron chi connectivity index (χ0n) is 19.3. The van der Waals surface area contributed by atoms with Crippen molar-refractivity contribution in [1.82, 2.24) is 4.90 Å². The normalized spacial score (nSPS) is 10.8. The number of hydrogen-bond donors (Lipinski definition) is 0. The van der Waals surface area contributed by atoms with E-state index in [1.165, 1.54) is 31.3 Å². The minimum atomic E-state index is -0.536. The Morgan fingerprint density at radius 3 is 1.64 bits per heavy atom. The third-order valence-corrected chi connectivity index (χ3v) is 4.43. The fraction of sp³-hybridized carbons (Fsp3) is 0.240. The molecule has 0 aromatic heterocycles. The predicted octanol–water partition coefficient (Wildman–Crippen LogP) is 4.03. The molecule has 2 aromatic carbocycles. The number of amides is 1. The van der Waals surface area contributed by atoms with Gasteiger partial charge in [-0.3, -0.25) is 9.59 Å². The summed E-state index contributed by atoms with van der Waals surface area (Å²) in [6.07, 6.45) is 5.04. The lowest BCUT2D eigenvalue weighted by molar-refractivity contribution is -0.121. The molecule has 0 N–H and O–H groups in total. The summed E-state index contributed by atoms with van der Waals surface area (Å²) < 4.78 is 20.9. The van der Waals surface area contributed by atoms with Gasteiger partial charge in [-0.15, -0.1) is 0 Å². The fourth-order valence-corrected chi connectivity index (χ4v) is 2.68. The minimum absolute atomic E-state index is 0.259. The number of nitrogens with zero attached hydrogens (tertiary/aromatic N) is 1. The van der Waals surface area contributed by atoms with E-state index >= 15 is 0 Å². The molecular weight excluding hydrogens is 426 g/mol. The van der Waals surface area contributed by atoms with Crippen molar-refractivity contribution < 1.29 is 33.3 Å². The summed E-state index contributed by atoms with van der Waals surface area (Å²) in [4.78, 5) is 37.4. The van der Waals surface area contributed by atoms with Crippen LogP contribution in [0, 0.1) is 0 Å². The van der Waals surface area contributed by atoms with Crippen LogP contribution in [0.4, 0.5) is 4.79 Å². The summed E-state index contributed by atoms with van der Waals surface area (Å²) in [5.74, 6) is 1.05. The highest BCUT2D eigenvalue weighted by Gasteiger charge is 2.12. The molecule has 0 radical (unpaired) electrons. The molecule has 8 heteroatoms. The van der Waals surface area contributed by atoms with Crippen LogP contribution < -0.4 is 18.9 Å². The Morgan fingerprint density at radius 2 is 1.18 bits per heavy atom. The molecular formula is C25H27NO7. The molecule has 0 spiro atoms. The first kappa shape index (κ1) is 25.2. The van der Waals surface area contributed by atoms with Gasteiger partial charge in [0.1, 0.15) is 0 Å². The van der Waals surface area contributed by atoms with Crippen LogP contribution in [0.5, 0.6) is 23.0 Å². The molecule has 0 aliphatic rings. The molecule has 0 atom stereocenters. The number of benzene rings is 2. The number of ether oxygens (including phenoxy) is 4. The number of rotatable bonds is 10. The zero-order chi connectivity index (χ0) is 24.4. The highest BCUT2D eigenvalue weighted by Crippen LogP contribution is 2.29. The molecule has 0 aliphatic carbocycles. The van der Waals surface area contributed by atoms with Gasteiger partial charge in [-0.05, 0) is 47.5 Å². The van der Waals surface area contributed by atoms with Crippen LogP contribution in [-0.2, 0) is 9.59 Å². The van der Waals surface area contributed by atoms with Gasteiger partial charge in [0.15, 0.2) is 34.6 Å². The molecule has 0 heterocycles. The van der Waals surface area contributed by atoms with E-state index in [0.717, 1.165) is 5.56 Å². The zero-order valence-corrected chi connectivity index (χ0v) is 19.3. The van der Waals surface area contributed by atoms with Crippen molar-refractivity contribution in [2.24, 2.45) is 0 Å². The van der Waals surface area contributed by atoms with Crippen molar-refractivity contribution >= 4 is 29.8 Å². The van der Waals surface area contributed by atoms with E-state index in [9.17, 15) is 14.4 Å². The molecule has 2 rings (SSSR count). The minimum Gasteiger partial charge on any atom is -0.493 e. The van der Waals surface area contributed by atoms with Crippen LogP contribution in [0.3, 0.4) is 0 Å². The molecule has 174 valence electrons. The van der Waals surface area contributed by atoms with Crippen LogP contribution in [0.15, 0.2) is 48.6 Å². The van der Waals surface area contributed by atoms with Gasteiger partial charge in [0.2, 0.25) is 0 Å². The molecule has 8 nitrogen and oxygen atoms in total.